The number of nitrogens with one attached hydrogen (secondary N) is 1. The monoisotopic (exact) mass is 424 g/mol. The largest absolute Gasteiger partial charge is 0.492 e. The molecular weight excluding hydrogens is 400 g/mol. The molecule has 0 atom stereocenters. The van der Waals surface area contributed by atoms with E-state index in [0.29, 0.717) is 23.7 Å². The number of carbonyl (C=O) groups excluding carboxylic acids is 1. The third-order valence-electron chi connectivity index (χ3n) is 4.37. The van der Waals surface area contributed by atoms with E-state index < -0.39 is 15.9 Å². The van der Waals surface area contributed by atoms with Crippen LogP contribution in [0.15, 0.2) is 83.8 Å². The first-order valence-corrected chi connectivity index (χ1v) is 11.0. The molecule has 0 aliphatic carbocycles. The molecule has 0 unspecified atom stereocenters. The van der Waals surface area contributed by atoms with Gasteiger partial charge in [0.2, 0.25) is 5.91 Å². The maximum atomic E-state index is 13.3. The summed E-state index contributed by atoms with van der Waals surface area (Å²) in [5.74, 6) is 0.0598. The van der Waals surface area contributed by atoms with Gasteiger partial charge in [0, 0.05) is 0 Å². The van der Waals surface area contributed by atoms with Crippen LogP contribution in [0.5, 0.6) is 5.75 Å². The van der Waals surface area contributed by atoms with E-state index in [0.717, 1.165) is 9.87 Å². The number of carbonyl (C=O) groups is 1. The van der Waals surface area contributed by atoms with Crippen molar-refractivity contribution in [1.82, 2.24) is 0 Å². The van der Waals surface area contributed by atoms with E-state index in [4.69, 9.17) is 4.74 Å². The van der Waals surface area contributed by atoms with Crippen LogP contribution in [0.1, 0.15) is 12.5 Å². The van der Waals surface area contributed by atoms with E-state index in [1.165, 1.54) is 12.1 Å². The van der Waals surface area contributed by atoms with Crippen molar-refractivity contribution in [3.63, 3.8) is 0 Å². The van der Waals surface area contributed by atoms with Crippen LogP contribution in [0, 0.1) is 6.92 Å². The Kier molecular flexibility index (Phi) is 6.74. The molecule has 0 saturated carbocycles. The van der Waals surface area contributed by atoms with Gasteiger partial charge in [-0.15, -0.1) is 0 Å². The fraction of sp³-hybridized carbons (Fsp3) is 0.174. The van der Waals surface area contributed by atoms with Crippen LogP contribution >= 0.6 is 0 Å². The van der Waals surface area contributed by atoms with E-state index in [9.17, 15) is 13.2 Å². The number of amides is 1. The van der Waals surface area contributed by atoms with Crippen LogP contribution in [0.4, 0.5) is 11.4 Å². The summed E-state index contributed by atoms with van der Waals surface area (Å²) < 4.78 is 33.3. The molecule has 3 rings (SSSR count). The van der Waals surface area contributed by atoms with E-state index in [-0.39, 0.29) is 11.4 Å². The van der Waals surface area contributed by atoms with E-state index in [2.05, 4.69) is 5.32 Å². The van der Waals surface area contributed by atoms with Crippen LogP contribution in [0.25, 0.3) is 0 Å². The molecule has 1 amide bonds. The van der Waals surface area contributed by atoms with E-state index >= 15 is 0 Å². The molecule has 0 aliphatic heterocycles. The number of para-hydroxylation sites is 2. The highest BCUT2D eigenvalue weighted by atomic mass is 32.2. The van der Waals surface area contributed by atoms with Crippen molar-refractivity contribution in [2.75, 3.05) is 22.8 Å². The molecule has 0 spiro atoms. The fourth-order valence-electron chi connectivity index (χ4n) is 2.99. The molecule has 0 bridgehead atoms. The average molecular weight is 425 g/mol. The molecule has 0 fully saturated rings. The summed E-state index contributed by atoms with van der Waals surface area (Å²) in [6, 6.07) is 22.2. The second kappa shape index (κ2) is 9.45. The van der Waals surface area contributed by atoms with Gasteiger partial charge in [0.05, 0.1) is 22.9 Å². The van der Waals surface area contributed by atoms with Gasteiger partial charge in [0.15, 0.2) is 0 Å². The first-order chi connectivity index (χ1) is 14.4. The number of anilines is 2. The van der Waals surface area contributed by atoms with Crippen LogP contribution in [-0.2, 0) is 14.8 Å². The van der Waals surface area contributed by atoms with Gasteiger partial charge in [0.1, 0.15) is 12.3 Å². The Morgan fingerprint density at radius 2 is 1.67 bits per heavy atom. The lowest BCUT2D eigenvalue weighted by atomic mass is 10.2. The minimum atomic E-state index is -3.94. The summed E-state index contributed by atoms with van der Waals surface area (Å²) in [6.45, 7) is 3.80. The number of nitrogens with zero attached hydrogens (tertiary/aromatic N) is 1. The Bertz CT molecular complexity index is 1110. The molecule has 156 valence electrons. The summed E-state index contributed by atoms with van der Waals surface area (Å²) in [5.41, 5.74) is 1.81. The molecule has 0 radical (unpaired) electrons. The van der Waals surface area contributed by atoms with Gasteiger partial charge in [-0.3, -0.25) is 9.10 Å². The zero-order valence-electron chi connectivity index (χ0n) is 16.9. The number of ether oxygens (including phenoxy) is 1. The number of aryl methyl sites for hydroxylation is 1. The second-order valence-corrected chi connectivity index (χ2v) is 8.50. The molecular formula is C23H24N2O4S. The second-order valence-electron chi connectivity index (χ2n) is 6.64. The normalized spacial score (nSPS) is 11.0. The van der Waals surface area contributed by atoms with Crippen molar-refractivity contribution < 1.29 is 17.9 Å². The zero-order chi connectivity index (χ0) is 21.6. The van der Waals surface area contributed by atoms with Crippen LogP contribution in [0.2, 0.25) is 0 Å². The molecule has 0 saturated heterocycles. The lowest BCUT2D eigenvalue weighted by Gasteiger charge is -2.24. The number of rotatable bonds is 8. The molecule has 7 heteroatoms. The van der Waals surface area contributed by atoms with Crippen molar-refractivity contribution in [2.45, 2.75) is 18.7 Å². The number of hydrogen-bond acceptors (Lipinski definition) is 4. The molecule has 1 N–H and O–H groups in total. The molecule has 3 aromatic rings. The van der Waals surface area contributed by atoms with Gasteiger partial charge in [-0.2, -0.15) is 0 Å². The third-order valence-corrected chi connectivity index (χ3v) is 6.16. The average Bonchev–Trinajstić information content (AvgIpc) is 2.74. The lowest BCUT2D eigenvalue weighted by molar-refractivity contribution is -0.114. The summed E-state index contributed by atoms with van der Waals surface area (Å²) in [7, 11) is -3.94. The highest BCUT2D eigenvalue weighted by Gasteiger charge is 2.27. The number of benzene rings is 3. The van der Waals surface area contributed by atoms with Crippen molar-refractivity contribution in [2.24, 2.45) is 0 Å². The van der Waals surface area contributed by atoms with E-state index in [1.807, 2.05) is 19.9 Å². The van der Waals surface area contributed by atoms with Gasteiger partial charge < -0.3 is 10.1 Å². The minimum Gasteiger partial charge on any atom is -0.492 e. The van der Waals surface area contributed by atoms with Crippen LogP contribution in [0.3, 0.4) is 0 Å². The Morgan fingerprint density at radius 3 is 2.37 bits per heavy atom. The van der Waals surface area contributed by atoms with Crippen molar-refractivity contribution in [1.29, 1.82) is 0 Å². The standard InChI is InChI=1S/C23H24N2O4S/c1-3-29-22-15-8-7-14-21(22)24-23(26)17-25(19-11-9-10-18(2)16-19)30(27,28)20-12-5-4-6-13-20/h4-16H,3,17H2,1-2H3,(H,24,26). The molecule has 30 heavy (non-hydrogen) atoms. The highest BCUT2D eigenvalue weighted by molar-refractivity contribution is 7.92. The van der Waals surface area contributed by atoms with E-state index in [1.54, 1.807) is 60.7 Å². The van der Waals surface area contributed by atoms with Crippen molar-refractivity contribution in [3.8, 4) is 5.75 Å². The van der Waals surface area contributed by atoms with Gasteiger partial charge in [-0.1, -0.05) is 42.5 Å². The van der Waals surface area contributed by atoms with Crippen molar-refractivity contribution in [3.05, 3.63) is 84.4 Å². The first-order valence-electron chi connectivity index (χ1n) is 9.58. The zero-order valence-corrected chi connectivity index (χ0v) is 17.7. The lowest BCUT2D eigenvalue weighted by Crippen LogP contribution is -2.38. The molecule has 0 aromatic heterocycles. The maximum Gasteiger partial charge on any atom is 0.264 e. The maximum absolute atomic E-state index is 13.3. The molecule has 3 aromatic carbocycles. The van der Waals surface area contributed by atoms with Crippen molar-refractivity contribution >= 4 is 27.3 Å². The first kappa shape index (κ1) is 21.4. The Labute approximate surface area is 177 Å². The molecule has 6 nitrogen and oxygen atoms in total. The smallest absolute Gasteiger partial charge is 0.264 e. The predicted octanol–water partition coefficient (Wildman–Crippen LogP) is 4.23. The third kappa shape index (κ3) is 4.99. The Morgan fingerprint density at radius 1 is 0.967 bits per heavy atom. The quantitative estimate of drug-likeness (QED) is 0.587. The molecule has 0 aliphatic rings. The van der Waals surface area contributed by atoms with Gasteiger partial charge >= 0.3 is 0 Å². The summed E-state index contributed by atoms with van der Waals surface area (Å²) in [5, 5.41) is 2.76. The SMILES string of the molecule is CCOc1ccccc1NC(=O)CN(c1cccc(C)c1)S(=O)(=O)c1ccccc1. The summed E-state index contributed by atoms with van der Waals surface area (Å²) in [6.07, 6.45) is 0. The Balaban J connectivity index is 1.93. The fourth-order valence-corrected chi connectivity index (χ4v) is 4.42. The van der Waals surface area contributed by atoms with Gasteiger partial charge in [-0.05, 0) is 55.8 Å². The highest BCUT2D eigenvalue weighted by Crippen LogP contribution is 2.26. The molecule has 0 heterocycles. The number of hydrogen-bond donors (Lipinski definition) is 1. The van der Waals surface area contributed by atoms with Crippen LogP contribution < -0.4 is 14.4 Å². The van der Waals surface area contributed by atoms with Gasteiger partial charge in [0.25, 0.3) is 10.0 Å². The number of sulfonamides is 1. The predicted molar refractivity (Wildman–Crippen MR) is 118 cm³/mol. The summed E-state index contributed by atoms with van der Waals surface area (Å²) in [4.78, 5) is 13.0. The van der Waals surface area contributed by atoms with Gasteiger partial charge in [-0.25, -0.2) is 8.42 Å². The van der Waals surface area contributed by atoms with Crippen LogP contribution in [-0.4, -0.2) is 27.5 Å². The minimum absolute atomic E-state index is 0.119. The topological polar surface area (TPSA) is 75.7 Å². The Hall–Kier alpha value is -3.32. The summed E-state index contributed by atoms with van der Waals surface area (Å²) >= 11 is 0.